The van der Waals surface area contributed by atoms with E-state index in [0.29, 0.717) is 5.92 Å². The lowest BCUT2D eigenvalue weighted by Gasteiger charge is -2.37. The zero-order valence-corrected chi connectivity index (χ0v) is 12.1. The lowest BCUT2D eigenvalue weighted by Crippen LogP contribution is -2.25. The van der Waals surface area contributed by atoms with E-state index in [0.717, 1.165) is 30.6 Å². The SMILES string of the molecule is CC[C@H]1CC[C@H]([C@H]2CC[C@H](C=C(F)C#N)CC2)CC1. The molecule has 0 radical (unpaired) electrons. The van der Waals surface area contributed by atoms with Gasteiger partial charge in [0, 0.05) is 0 Å². The van der Waals surface area contributed by atoms with E-state index >= 15 is 0 Å². The zero-order valence-electron chi connectivity index (χ0n) is 12.1. The maximum atomic E-state index is 13.0. The van der Waals surface area contributed by atoms with E-state index in [-0.39, 0.29) is 0 Å². The fourth-order valence-corrected chi connectivity index (χ4v) is 4.10. The number of rotatable bonds is 3. The first kappa shape index (κ1) is 14.6. The topological polar surface area (TPSA) is 23.8 Å². The second kappa shape index (κ2) is 7.08. The van der Waals surface area contributed by atoms with Crippen LogP contribution in [-0.4, -0.2) is 0 Å². The molecule has 0 aliphatic heterocycles. The van der Waals surface area contributed by atoms with Crippen molar-refractivity contribution in [3.8, 4) is 6.07 Å². The van der Waals surface area contributed by atoms with Crippen LogP contribution in [0.2, 0.25) is 0 Å². The smallest absolute Gasteiger partial charge is 0.195 e. The summed E-state index contributed by atoms with van der Waals surface area (Å²) in [7, 11) is 0. The first-order chi connectivity index (χ1) is 9.22. The fraction of sp³-hybridized carbons (Fsp3) is 0.824. The highest BCUT2D eigenvalue weighted by Crippen LogP contribution is 2.42. The maximum Gasteiger partial charge on any atom is 0.196 e. The fourth-order valence-electron chi connectivity index (χ4n) is 4.10. The Kier molecular flexibility index (Phi) is 5.43. The Morgan fingerprint density at radius 1 is 1.05 bits per heavy atom. The van der Waals surface area contributed by atoms with Gasteiger partial charge in [0.25, 0.3) is 0 Å². The van der Waals surface area contributed by atoms with Crippen LogP contribution < -0.4 is 0 Å². The molecule has 106 valence electrons. The molecule has 2 fully saturated rings. The van der Waals surface area contributed by atoms with E-state index in [1.165, 1.54) is 44.9 Å². The molecule has 2 aliphatic rings. The number of nitriles is 1. The summed E-state index contributed by atoms with van der Waals surface area (Å²) in [4.78, 5) is 0. The van der Waals surface area contributed by atoms with Gasteiger partial charge >= 0.3 is 0 Å². The van der Waals surface area contributed by atoms with E-state index in [1.54, 1.807) is 12.1 Å². The molecule has 2 rings (SSSR count). The predicted octanol–water partition coefficient (Wildman–Crippen LogP) is 5.39. The molecule has 2 aliphatic carbocycles. The van der Waals surface area contributed by atoms with Crippen molar-refractivity contribution in [1.29, 1.82) is 5.26 Å². The number of halogens is 1. The monoisotopic (exact) mass is 263 g/mol. The van der Waals surface area contributed by atoms with Gasteiger partial charge in [-0.3, -0.25) is 0 Å². The summed E-state index contributed by atoms with van der Waals surface area (Å²) in [6, 6.07) is 1.59. The molecule has 0 unspecified atom stereocenters. The molecular formula is C17H26FN. The number of allylic oxidation sites excluding steroid dienone is 2. The first-order valence-corrected chi connectivity index (χ1v) is 8.00. The minimum atomic E-state index is -0.591. The molecule has 1 nitrogen and oxygen atoms in total. The molecule has 0 saturated heterocycles. The normalized spacial score (nSPS) is 36.8. The Bertz CT molecular complexity index is 339. The molecule has 0 bridgehead atoms. The molecule has 0 amide bonds. The highest BCUT2D eigenvalue weighted by molar-refractivity contribution is 5.13. The Labute approximate surface area is 116 Å². The number of nitrogens with zero attached hydrogens (tertiary/aromatic N) is 1. The largest absolute Gasteiger partial charge is 0.196 e. The molecule has 19 heavy (non-hydrogen) atoms. The summed E-state index contributed by atoms with van der Waals surface area (Å²) in [6.07, 6.45) is 13.2. The van der Waals surface area contributed by atoms with Crippen molar-refractivity contribution in [1.82, 2.24) is 0 Å². The second-order valence-electron chi connectivity index (χ2n) is 6.49. The van der Waals surface area contributed by atoms with Crippen LogP contribution in [-0.2, 0) is 0 Å². The van der Waals surface area contributed by atoms with Crippen LogP contribution in [0.15, 0.2) is 11.9 Å². The van der Waals surface area contributed by atoms with Crippen molar-refractivity contribution in [3.05, 3.63) is 11.9 Å². The Morgan fingerprint density at radius 2 is 1.58 bits per heavy atom. The third kappa shape index (κ3) is 4.06. The molecule has 0 heterocycles. The summed E-state index contributed by atoms with van der Waals surface area (Å²) in [6.45, 7) is 2.31. The van der Waals surface area contributed by atoms with Gasteiger partial charge in [-0.25, -0.2) is 0 Å². The molecular weight excluding hydrogens is 237 g/mol. The molecule has 0 N–H and O–H groups in total. The summed E-state index contributed by atoms with van der Waals surface area (Å²) < 4.78 is 13.0. The van der Waals surface area contributed by atoms with Gasteiger partial charge in [-0.15, -0.1) is 0 Å². The van der Waals surface area contributed by atoms with Crippen LogP contribution in [0.3, 0.4) is 0 Å². The highest BCUT2D eigenvalue weighted by Gasteiger charge is 2.30. The van der Waals surface area contributed by atoms with Crippen molar-refractivity contribution in [3.63, 3.8) is 0 Å². The Balaban J connectivity index is 1.76. The van der Waals surface area contributed by atoms with Crippen molar-refractivity contribution in [2.24, 2.45) is 23.7 Å². The summed E-state index contributed by atoms with van der Waals surface area (Å²) in [5, 5.41) is 8.48. The molecule has 2 saturated carbocycles. The van der Waals surface area contributed by atoms with Gasteiger partial charge in [0.15, 0.2) is 5.83 Å². The third-order valence-corrected chi connectivity index (χ3v) is 5.44. The average Bonchev–Trinajstić information content (AvgIpc) is 2.48. The lowest BCUT2D eigenvalue weighted by atomic mass is 9.69. The van der Waals surface area contributed by atoms with E-state index in [9.17, 15) is 4.39 Å². The van der Waals surface area contributed by atoms with Crippen molar-refractivity contribution >= 4 is 0 Å². The molecule has 0 aromatic carbocycles. The third-order valence-electron chi connectivity index (χ3n) is 5.44. The second-order valence-corrected chi connectivity index (χ2v) is 6.49. The van der Waals surface area contributed by atoms with Crippen molar-refractivity contribution in [2.45, 2.75) is 64.7 Å². The molecule has 2 heteroatoms. The standard InChI is InChI=1S/C17H26FN/c1-2-13-3-7-15(8-4-13)16-9-5-14(6-10-16)11-17(18)12-19/h11,13-16H,2-10H2,1H3/t13-,14-,15-,16-. The summed E-state index contributed by atoms with van der Waals surface area (Å²) in [5.41, 5.74) is 0. The van der Waals surface area contributed by atoms with Gasteiger partial charge in [-0.1, -0.05) is 26.2 Å². The first-order valence-electron chi connectivity index (χ1n) is 8.00. The van der Waals surface area contributed by atoms with Gasteiger partial charge in [0.05, 0.1) is 0 Å². The van der Waals surface area contributed by atoms with Gasteiger partial charge < -0.3 is 0 Å². The predicted molar refractivity (Wildman–Crippen MR) is 76.0 cm³/mol. The molecule has 0 aromatic rings. The number of hydrogen-bond donors (Lipinski definition) is 0. The summed E-state index contributed by atoms with van der Waals surface area (Å²) >= 11 is 0. The van der Waals surface area contributed by atoms with E-state index in [4.69, 9.17) is 5.26 Å². The van der Waals surface area contributed by atoms with Crippen LogP contribution in [0, 0.1) is 35.0 Å². The van der Waals surface area contributed by atoms with Gasteiger partial charge in [0.1, 0.15) is 6.07 Å². The van der Waals surface area contributed by atoms with E-state index in [2.05, 4.69) is 6.92 Å². The van der Waals surface area contributed by atoms with Crippen LogP contribution >= 0.6 is 0 Å². The molecule has 0 aromatic heterocycles. The number of hydrogen-bond acceptors (Lipinski definition) is 1. The maximum absolute atomic E-state index is 13.0. The quantitative estimate of drug-likeness (QED) is 0.626. The van der Waals surface area contributed by atoms with Crippen LogP contribution in [0.1, 0.15) is 64.7 Å². The minimum Gasteiger partial charge on any atom is -0.195 e. The van der Waals surface area contributed by atoms with Crippen LogP contribution in [0.4, 0.5) is 4.39 Å². The minimum absolute atomic E-state index is 0.308. The highest BCUT2D eigenvalue weighted by atomic mass is 19.1. The molecule has 0 atom stereocenters. The van der Waals surface area contributed by atoms with Gasteiger partial charge in [-0.2, -0.15) is 9.65 Å². The van der Waals surface area contributed by atoms with E-state index < -0.39 is 5.83 Å². The van der Waals surface area contributed by atoms with Crippen molar-refractivity contribution in [2.75, 3.05) is 0 Å². The van der Waals surface area contributed by atoms with E-state index in [1.807, 2.05) is 0 Å². The van der Waals surface area contributed by atoms with Crippen LogP contribution in [0.25, 0.3) is 0 Å². The zero-order chi connectivity index (χ0) is 13.7. The van der Waals surface area contributed by atoms with Gasteiger partial charge in [-0.05, 0) is 68.3 Å². The van der Waals surface area contributed by atoms with Crippen LogP contribution in [0.5, 0.6) is 0 Å². The summed E-state index contributed by atoms with van der Waals surface area (Å²) in [5.74, 6) is 2.48. The van der Waals surface area contributed by atoms with Crippen molar-refractivity contribution < 1.29 is 4.39 Å². The average molecular weight is 263 g/mol. The van der Waals surface area contributed by atoms with Gasteiger partial charge in [0.2, 0.25) is 0 Å². The lowest BCUT2D eigenvalue weighted by molar-refractivity contribution is 0.154. The Hall–Kier alpha value is -0.840. The molecule has 0 spiro atoms. The Morgan fingerprint density at radius 3 is 2.05 bits per heavy atom.